The summed E-state index contributed by atoms with van der Waals surface area (Å²) in [5.74, 6) is 2.80. The Kier molecular flexibility index (Phi) is 6.49. The van der Waals surface area contributed by atoms with Crippen LogP contribution in [-0.4, -0.2) is 39.4 Å². The molecule has 0 spiro atoms. The summed E-state index contributed by atoms with van der Waals surface area (Å²) in [7, 11) is 6.50. The molecule has 1 saturated heterocycles. The van der Waals surface area contributed by atoms with Crippen molar-refractivity contribution in [3.63, 3.8) is 0 Å². The van der Waals surface area contributed by atoms with Crippen molar-refractivity contribution in [1.82, 2.24) is 0 Å². The number of benzene rings is 2. The Balaban J connectivity index is 1.97. The third kappa shape index (κ3) is 4.10. The second kappa shape index (κ2) is 9.05. The van der Waals surface area contributed by atoms with E-state index in [0.717, 1.165) is 16.8 Å². The number of quaternary nitrogens is 1. The highest BCUT2D eigenvalue weighted by molar-refractivity contribution is 5.87. The number of nitrogens with two attached hydrogens (primary N) is 1. The molecule has 3 atom stereocenters. The molecule has 2 aromatic carbocycles. The molecule has 0 bridgehead atoms. The molecule has 7 nitrogen and oxygen atoms in total. The molecule has 0 aliphatic carbocycles. The van der Waals surface area contributed by atoms with Gasteiger partial charge in [0.05, 0.1) is 40.1 Å². The van der Waals surface area contributed by atoms with E-state index >= 15 is 0 Å². The number of oxime groups is 1. The summed E-state index contributed by atoms with van der Waals surface area (Å²) in [6, 6.07) is 12.0. The minimum Gasteiger partial charge on any atom is -0.493 e. The summed E-state index contributed by atoms with van der Waals surface area (Å²) in [4.78, 5) is 0. The Hall–Kier alpha value is -2.93. The smallest absolute Gasteiger partial charge is 0.161 e. The first-order valence-electron chi connectivity index (χ1n) is 9.55. The molecule has 3 rings (SSSR count). The zero-order valence-corrected chi connectivity index (χ0v) is 17.5. The number of piperidine rings is 1. The van der Waals surface area contributed by atoms with Crippen molar-refractivity contribution in [3.05, 3.63) is 47.5 Å². The quantitative estimate of drug-likeness (QED) is 0.574. The summed E-state index contributed by atoms with van der Waals surface area (Å²) in [5, 5.41) is 15.6. The molecule has 7 heteroatoms. The Morgan fingerprint density at radius 3 is 1.86 bits per heavy atom. The molecule has 1 heterocycles. The van der Waals surface area contributed by atoms with Crippen LogP contribution in [0.15, 0.2) is 41.6 Å². The molecule has 0 aromatic heterocycles. The van der Waals surface area contributed by atoms with Gasteiger partial charge in [0.25, 0.3) is 0 Å². The van der Waals surface area contributed by atoms with Crippen LogP contribution < -0.4 is 24.3 Å². The molecule has 0 unspecified atom stereocenters. The third-order valence-corrected chi connectivity index (χ3v) is 5.69. The zero-order valence-electron chi connectivity index (χ0n) is 17.5. The molecule has 29 heavy (non-hydrogen) atoms. The first-order chi connectivity index (χ1) is 14.1. The third-order valence-electron chi connectivity index (χ3n) is 5.69. The van der Waals surface area contributed by atoms with Crippen LogP contribution in [0.3, 0.4) is 0 Å². The van der Waals surface area contributed by atoms with Crippen LogP contribution >= 0.6 is 0 Å². The Morgan fingerprint density at radius 1 is 0.828 bits per heavy atom. The highest BCUT2D eigenvalue weighted by Crippen LogP contribution is 2.36. The second-order valence-corrected chi connectivity index (χ2v) is 7.14. The SMILES string of the molecule is COc1ccc([C@@H]2C/C(=N\O)[C@H](C)[C@H](c3ccc(OC)c(OC)c3)[NH2+]2)cc1OC. The number of methoxy groups -OCH3 is 4. The molecule has 1 aliphatic rings. The van der Waals surface area contributed by atoms with Crippen molar-refractivity contribution in [2.24, 2.45) is 11.1 Å². The first-order valence-corrected chi connectivity index (χ1v) is 9.55. The first kappa shape index (κ1) is 20.8. The van der Waals surface area contributed by atoms with Gasteiger partial charge in [0.1, 0.15) is 12.1 Å². The lowest BCUT2D eigenvalue weighted by Gasteiger charge is -2.34. The van der Waals surface area contributed by atoms with Gasteiger partial charge in [0, 0.05) is 17.5 Å². The minimum atomic E-state index is 0.0625. The number of ether oxygens (including phenoxy) is 4. The summed E-state index contributed by atoms with van der Waals surface area (Å²) < 4.78 is 21.6. The summed E-state index contributed by atoms with van der Waals surface area (Å²) in [6.45, 7) is 2.08. The van der Waals surface area contributed by atoms with E-state index in [0.29, 0.717) is 29.4 Å². The number of nitrogens with zero attached hydrogens (tertiary/aromatic N) is 1. The van der Waals surface area contributed by atoms with Gasteiger partial charge in [0.2, 0.25) is 0 Å². The van der Waals surface area contributed by atoms with Crippen molar-refractivity contribution in [1.29, 1.82) is 0 Å². The van der Waals surface area contributed by atoms with Gasteiger partial charge in [-0.15, -0.1) is 0 Å². The van der Waals surface area contributed by atoms with Gasteiger partial charge in [0.15, 0.2) is 23.0 Å². The average Bonchev–Trinajstić information content (AvgIpc) is 2.78. The second-order valence-electron chi connectivity index (χ2n) is 7.14. The van der Waals surface area contributed by atoms with Gasteiger partial charge in [-0.2, -0.15) is 0 Å². The van der Waals surface area contributed by atoms with Crippen LogP contribution in [-0.2, 0) is 0 Å². The number of hydrogen-bond acceptors (Lipinski definition) is 6. The van der Waals surface area contributed by atoms with Crippen molar-refractivity contribution in [2.45, 2.75) is 25.4 Å². The summed E-state index contributed by atoms with van der Waals surface area (Å²) in [5.41, 5.74) is 2.94. The molecule has 1 fully saturated rings. The van der Waals surface area contributed by atoms with Crippen molar-refractivity contribution < 1.29 is 29.5 Å². The van der Waals surface area contributed by atoms with E-state index in [2.05, 4.69) is 17.4 Å². The lowest BCUT2D eigenvalue weighted by Crippen LogP contribution is -2.90. The van der Waals surface area contributed by atoms with Crippen LogP contribution in [0, 0.1) is 5.92 Å². The van der Waals surface area contributed by atoms with Crippen LogP contribution in [0.4, 0.5) is 0 Å². The van der Waals surface area contributed by atoms with E-state index in [-0.39, 0.29) is 18.0 Å². The number of rotatable bonds is 6. The fraction of sp³-hybridized carbons (Fsp3) is 0.409. The van der Waals surface area contributed by atoms with E-state index in [4.69, 9.17) is 18.9 Å². The molecule has 3 N–H and O–H groups in total. The zero-order chi connectivity index (χ0) is 21.0. The van der Waals surface area contributed by atoms with Gasteiger partial charge in [-0.1, -0.05) is 12.1 Å². The van der Waals surface area contributed by atoms with Gasteiger partial charge >= 0.3 is 0 Å². The topological polar surface area (TPSA) is 86.1 Å². The molecule has 0 radical (unpaired) electrons. The van der Waals surface area contributed by atoms with Crippen molar-refractivity contribution in [3.8, 4) is 23.0 Å². The normalized spacial score (nSPS) is 22.9. The van der Waals surface area contributed by atoms with E-state index < -0.39 is 0 Å². The fourth-order valence-electron chi connectivity index (χ4n) is 4.01. The lowest BCUT2D eigenvalue weighted by molar-refractivity contribution is -0.741. The van der Waals surface area contributed by atoms with Gasteiger partial charge in [-0.05, 0) is 36.4 Å². The van der Waals surface area contributed by atoms with Gasteiger partial charge in [-0.25, -0.2) is 0 Å². The number of hydrogen-bond donors (Lipinski definition) is 2. The molecule has 156 valence electrons. The molecule has 2 aromatic rings. The van der Waals surface area contributed by atoms with Crippen molar-refractivity contribution >= 4 is 5.71 Å². The largest absolute Gasteiger partial charge is 0.493 e. The maximum Gasteiger partial charge on any atom is 0.161 e. The minimum absolute atomic E-state index is 0.0625. The van der Waals surface area contributed by atoms with Gasteiger partial charge in [-0.3, -0.25) is 0 Å². The molecule has 0 amide bonds. The maximum atomic E-state index is 9.64. The van der Waals surface area contributed by atoms with E-state index in [1.165, 1.54) is 0 Å². The Bertz CT molecular complexity index is 884. The fourth-order valence-corrected chi connectivity index (χ4v) is 4.01. The van der Waals surface area contributed by atoms with Crippen LogP contribution in [0.5, 0.6) is 23.0 Å². The molecule has 1 aliphatic heterocycles. The van der Waals surface area contributed by atoms with Crippen LogP contribution in [0.1, 0.15) is 36.6 Å². The highest BCUT2D eigenvalue weighted by Gasteiger charge is 2.38. The van der Waals surface area contributed by atoms with E-state index in [1.807, 2.05) is 36.4 Å². The summed E-state index contributed by atoms with van der Waals surface area (Å²) in [6.07, 6.45) is 0.650. The Morgan fingerprint density at radius 2 is 1.34 bits per heavy atom. The monoisotopic (exact) mass is 401 g/mol. The standard InChI is InChI=1S/C22H28N2O5/c1-13-16(24-25)12-17(14-6-8-18(26-2)20(10-14)28-4)23-22(13)15-7-9-19(27-3)21(11-15)29-5/h6-11,13,17,22-23,25H,12H2,1-5H3/p+1/b24-16+/t13-,17-,22+/m0/s1. The van der Waals surface area contributed by atoms with E-state index in [1.54, 1.807) is 28.4 Å². The van der Waals surface area contributed by atoms with Crippen molar-refractivity contribution in [2.75, 3.05) is 28.4 Å². The van der Waals surface area contributed by atoms with E-state index in [9.17, 15) is 5.21 Å². The molecular weight excluding hydrogens is 372 g/mol. The summed E-state index contributed by atoms with van der Waals surface area (Å²) >= 11 is 0. The Labute approximate surface area is 171 Å². The molecule has 0 saturated carbocycles. The maximum absolute atomic E-state index is 9.64. The predicted octanol–water partition coefficient (Wildman–Crippen LogP) is 2.94. The van der Waals surface area contributed by atoms with Crippen LogP contribution in [0.25, 0.3) is 0 Å². The predicted molar refractivity (Wildman–Crippen MR) is 110 cm³/mol. The van der Waals surface area contributed by atoms with Gasteiger partial charge < -0.3 is 29.5 Å². The van der Waals surface area contributed by atoms with Crippen LogP contribution in [0.2, 0.25) is 0 Å². The lowest BCUT2D eigenvalue weighted by atomic mass is 9.81. The highest BCUT2D eigenvalue weighted by atomic mass is 16.5. The average molecular weight is 401 g/mol. The molecular formula is C22H29N2O5+.